The molecule has 0 spiro atoms. The first-order valence-corrected chi connectivity index (χ1v) is 8.98. The van der Waals surface area contributed by atoms with Gasteiger partial charge in [0.15, 0.2) is 0 Å². The van der Waals surface area contributed by atoms with Gasteiger partial charge in [-0.1, -0.05) is 6.92 Å². The highest BCUT2D eigenvalue weighted by atomic mass is 32.1. The SMILES string of the molecule is CCc1ccc(C(C)N(CC2CCNCC2)C(C)C)s1. The molecule has 0 aromatic carbocycles. The average Bonchev–Trinajstić information content (AvgIpc) is 2.94. The third-order valence-electron chi connectivity index (χ3n) is 4.53. The highest BCUT2D eigenvalue weighted by Crippen LogP contribution is 2.30. The Bertz CT molecular complexity index is 393. The minimum Gasteiger partial charge on any atom is -0.317 e. The van der Waals surface area contributed by atoms with Crippen molar-refractivity contribution in [2.24, 2.45) is 5.92 Å². The third kappa shape index (κ3) is 4.06. The number of aryl methyl sites for hydroxylation is 1. The topological polar surface area (TPSA) is 15.3 Å². The van der Waals surface area contributed by atoms with Crippen molar-refractivity contribution >= 4 is 11.3 Å². The van der Waals surface area contributed by atoms with Gasteiger partial charge in [0.2, 0.25) is 0 Å². The van der Waals surface area contributed by atoms with Gasteiger partial charge in [-0.05, 0) is 71.2 Å². The van der Waals surface area contributed by atoms with Crippen LogP contribution in [0.5, 0.6) is 0 Å². The Balaban J connectivity index is 2.02. The fourth-order valence-electron chi connectivity index (χ4n) is 3.15. The highest BCUT2D eigenvalue weighted by molar-refractivity contribution is 7.12. The lowest BCUT2D eigenvalue weighted by atomic mass is 9.96. The van der Waals surface area contributed by atoms with E-state index >= 15 is 0 Å². The molecule has 3 heteroatoms. The minimum absolute atomic E-state index is 0.551. The first-order valence-electron chi connectivity index (χ1n) is 8.16. The fourth-order valence-corrected chi connectivity index (χ4v) is 4.18. The van der Waals surface area contributed by atoms with E-state index in [1.807, 2.05) is 11.3 Å². The van der Waals surface area contributed by atoms with Crippen molar-refractivity contribution < 1.29 is 0 Å². The zero-order valence-electron chi connectivity index (χ0n) is 13.5. The van der Waals surface area contributed by atoms with Crippen LogP contribution in [-0.2, 0) is 6.42 Å². The van der Waals surface area contributed by atoms with Gasteiger partial charge in [-0.15, -0.1) is 11.3 Å². The van der Waals surface area contributed by atoms with Gasteiger partial charge in [-0.25, -0.2) is 0 Å². The number of hydrogen-bond acceptors (Lipinski definition) is 3. The molecule has 1 aromatic heterocycles. The summed E-state index contributed by atoms with van der Waals surface area (Å²) in [5, 5.41) is 3.47. The van der Waals surface area contributed by atoms with Crippen molar-refractivity contribution in [2.45, 2.75) is 59.0 Å². The Kier molecular flexibility index (Phi) is 6.06. The van der Waals surface area contributed by atoms with Gasteiger partial charge in [0.1, 0.15) is 0 Å². The molecule has 1 aromatic rings. The third-order valence-corrected chi connectivity index (χ3v) is 5.93. The van der Waals surface area contributed by atoms with E-state index in [0.717, 1.165) is 12.3 Å². The van der Waals surface area contributed by atoms with Crippen LogP contribution in [0.4, 0.5) is 0 Å². The normalized spacial score (nSPS) is 18.9. The molecule has 1 aliphatic rings. The summed E-state index contributed by atoms with van der Waals surface area (Å²) >= 11 is 1.99. The lowest BCUT2D eigenvalue weighted by Gasteiger charge is -2.36. The van der Waals surface area contributed by atoms with E-state index in [1.165, 1.54) is 42.2 Å². The molecule has 0 radical (unpaired) electrons. The van der Waals surface area contributed by atoms with Crippen LogP contribution in [0.3, 0.4) is 0 Å². The number of hydrogen-bond donors (Lipinski definition) is 1. The highest BCUT2D eigenvalue weighted by Gasteiger charge is 2.24. The van der Waals surface area contributed by atoms with Crippen LogP contribution in [0.2, 0.25) is 0 Å². The first-order chi connectivity index (χ1) is 9.61. The average molecular weight is 295 g/mol. The molecule has 1 saturated heterocycles. The summed E-state index contributed by atoms with van der Waals surface area (Å²) in [5.41, 5.74) is 0. The molecular formula is C17H30N2S. The summed E-state index contributed by atoms with van der Waals surface area (Å²) < 4.78 is 0. The summed E-state index contributed by atoms with van der Waals surface area (Å²) in [4.78, 5) is 5.74. The van der Waals surface area contributed by atoms with E-state index in [4.69, 9.17) is 0 Å². The largest absolute Gasteiger partial charge is 0.317 e. The molecule has 2 rings (SSSR count). The van der Waals surface area contributed by atoms with Gasteiger partial charge >= 0.3 is 0 Å². The Morgan fingerprint density at radius 1 is 1.25 bits per heavy atom. The molecule has 0 saturated carbocycles. The molecule has 1 N–H and O–H groups in total. The summed E-state index contributed by atoms with van der Waals surface area (Å²) in [7, 11) is 0. The van der Waals surface area contributed by atoms with Gasteiger partial charge in [0.05, 0.1) is 0 Å². The van der Waals surface area contributed by atoms with E-state index in [2.05, 4.69) is 50.0 Å². The van der Waals surface area contributed by atoms with Crippen LogP contribution in [0.1, 0.15) is 56.3 Å². The summed E-state index contributed by atoms with van der Waals surface area (Å²) in [6, 6.07) is 5.81. The zero-order valence-corrected chi connectivity index (χ0v) is 14.3. The van der Waals surface area contributed by atoms with Crippen molar-refractivity contribution in [1.82, 2.24) is 10.2 Å². The van der Waals surface area contributed by atoms with E-state index < -0.39 is 0 Å². The first kappa shape index (κ1) is 16.0. The van der Waals surface area contributed by atoms with Crippen LogP contribution < -0.4 is 5.32 Å². The van der Waals surface area contributed by atoms with E-state index in [9.17, 15) is 0 Å². The molecule has 0 bridgehead atoms. The van der Waals surface area contributed by atoms with Crippen molar-refractivity contribution in [3.63, 3.8) is 0 Å². The molecule has 1 atom stereocenters. The maximum absolute atomic E-state index is 3.47. The quantitative estimate of drug-likeness (QED) is 0.850. The molecule has 2 heterocycles. The standard InChI is InChI=1S/C17H30N2S/c1-5-16-6-7-17(20-16)14(4)19(13(2)3)12-15-8-10-18-11-9-15/h6-7,13-15,18H,5,8-12H2,1-4H3. The molecule has 1 fully saturated rings. The maximum Gasteiger partial charge on any atom is 0.0416 e. The summed E-state index contributed by atoms with van der Waals surface area (Å²) in [6.07, 6.45) is 3.83. The molecule has 0 aliphatic carbocycles. The van der Waals surface area contributed by atoms with Crippen molar-refractivity contribution in [1.29, 1.82) is 0 Å². The summed E-state index contributed by atoms with van der Waals surface area (Å²) in [5.74, 6) is 0.867. The van der Waals surface area contributed by atoms with Crippen LogP contribution in [0.15, 0.2) is 12.1 Å². The smallest absolute Gasteiger partial charge is 0.0416 e. The Morgan fingerprint density at radius 2 is 1.95 bits per heavy atom. The number of rotatable bonds is 6. The summed E-state index contributed by atoms with van der Waals surface area (Å²) in [6.45, 7) is 13.0. The number of thiophene rings is 1. The number of nitrogens with one attached hydrogen (secondary N) is 1. The molecular weight excluding hydrogens is 264 g/mol. The second-order valence-electron chi connectivity index (χ2n) is 6.32. The Labute approximate surface area is 128 Å². The van der Waals surface area contributed by atoms with Crippen LogP contribution in [0.25, 0.3) is 0 Å². The lowest BCUT2D eigenvalue weighted by Crippen LogP contribution is -2.40. The molecule has 1 aliphatic heterocycles. The second-order valence-corrected chi connectivity index (χ2v) is 7.52. The maximum atomic E-state index is 3.47. The van der Waals surface area contributed by atoms with Crippen LogP contribution >= 0.6 is 11.3 Å². The Hall–Kier alpha value is -0.380. The zero-order chi connectivity index (χ0) is 14.5. The van der Waals surface area contributed by atoms with Crippen molar-refractivity contribution in [2.75, 3.05) is 19.6 Å². The minimum atomic E-state index is 0.551. The van der Waals surface area contributed by atoms with Crippen LogP contribution in [0, 0.1) is 5.92 Å². The number of nitrogens with zero attached hydrogens (tertiary/aromatic N) is 1. The van der Waals surface area contributed by atoms with Gasteiger partial charge < -0.3 is 5.32 Å². The van der Waals surface area contributed by atoms with E-state index in [0.29, 0.717) is 12.1 Å². The molecule has 0 amide bonds. The monoisotopic (exact) mass is 294 g/mol. The number of piperidine rings is 1. The van der Waals surface area contributed by atoms with Gasteiger partial charge in [0.25, 0.3) is 0 Å². The van der Waals surface area contributed by atoms with Gasteiger partial charge in [0, 0.05) is 28.4 Å². The second kappa shape index (κ2) is 7.58. The van der Waals surface area contributed by atoms with Crippen LogP contribution in [-0.4, -0.2) is 30.6 Å². The van der Waals surface area contributed by atoms with E-state index in [-0.39, 0.29) is 0 Å². The van der Waals surface area contributed by atoms with E-state index in [1.54, 1.807) is 0 Å². The van der Waals surface area contributed by atoms with Crippen molar-refractivity contribution in [3.05, 3.63) is 21.9 Å². The van der Waals surface area contributed by atoms with Crippen molar-refractivity contribution in [3.8, 4) is 0 Å². The lowest BCUT2D eigenvalue weighted by molar-refractivity contribution is 0.127. The Morgan fingerprint density at radius 3 is 2.50 bits per heavy atom. The molecule has 114 valence electrons. The predicted octanol–water partition coefficient (Wildman–Crippen LogP) is 4.08. The van der Waals surface area contributed by atoms with Gasteiger partial charge in [-0.2, -0.15) is 0 Å². The molecule has 20 heavy (non-hydrogen) atoms. The molecule has 1 unspecified atom stereocenters. The van der Waals surface area contributed by atoms with Gasteiger partial charge in [-0.3, -0.25) is 4.90 Å². The predicted molar refractivity (Wildman–Crippen MR) is 89.5 cm³/mol. The fraction of sp³-hybridized carbons (Fsp3) is 0.765. The molecule has 2 nitrogen and oxygen atoms in total.